The van der Waals surface area contributed by atoms with Crippen molar-refractivity contribution in [1.29, 1.82) is 0 Å². The first-order chi connectivity index (χ1) is 22.3. The van der Waals surface area contributed by atoms with E-state index >= 15 is 0 Å². The number of alkyl halides is 3. The summed E-state index contributed by atoms with van der Waals surface area (Å²) in [6, 6.07) is 8.29. The van der Waals surface area contributed by atoms with E-state index in [2.05, 4.69) is 20.9 Å². The van der Waals surface area contributed by atoms with Crippen LogP contribution in [0.2, 0.25) is 0 Å². The minimum absolute atomic E-state index is 0.100. The molecule has 0 spiro atoms. The van der Waals surface area contributed by atoms with Crippen LogP contribution in [-0.4, -0.2) is 64.4 Å². The summed E-state index contributed by atoms with van der Waals surface area (Å²) in [6.07, 6.45) is -1.64. The number of nitrogens with one attached hydrogen (secondary N) is 2. The Kier molecular flexibility index (Phi) is 10.2. The molecule has 0 bridgehead atoms. The van der Waals surface area contributed by atoms with Gasteiger partial charge in [0.15, 0.2) is 12.1 Å². The number of carbonyl (C=O) groups excluding carboxylic acids is 3. The van der Waals surface area contributed by atoms with Crippen molar-refractivity contribution in [2.45, 2.75) is 77.5 Å². The first-order valence-electron chi connectivity index (χ1n) is 15.3. The number of benzene rings is 2. The van der Waals surface area contributed by atoms with Gasteiger partial charge in [0, 0.05) is 25.3 Å². The van der Waals surface area contributed by atoms with Crippen molar-refractivity contribution in [3.8, 4) is 5.69 Å². The Bertz CT molecular complexity index is 1610. The zero-order valence-corrected chi connectivity index (χ0v) is 26.4. The maximum atomic E-state index is 14.1. The molecule has 2 aliphatic rings. The highest BCUT2D eigenvalue weighted by Crippen LogP contribution is 2.43. The SMILES string of the molecule is CC(C)(C)OC(=O)Nc1cc(N2CCC2)c(C(F)(F)F)cc1NC(=O)CC(=O)c1cccc(-n2nncc2COC2CCCCO2)c1. The van der Waals surface area contributed by atoms with Crippen LogP contribution in [0.3, 0.4) is 0 Å². The molecule has 0 radical (unpaired) electrons. The molecular weight excluding hydrogens is 621 g/mol. The lowest BCUT2D eigenvalue weighted by Crippen LogP contribution is -2.38. The number of nitrogens with zero attached hydrogens (tertiary/aromatic N) is 4. The normalized spacial score (nSPS) is 16.7. The van der Waals surface area contributed by atoms with Gasteiger partial charge in [-0.15, -0.1) is 5.10 Å². The lowest BCUT2D eigenvalue weighted by Gasteiger charge is -2.35. The molecule has 0 saturated carbocycles. The molecule has 252 valence electrons. The second kappa shape index (κ2) is 14.1. The molecule has 2 aromatic carbocycles. The maximum absolute atomic E-state index is 14.1. The summed E-state index contributed by atoms with van der Waals surface area (Å²) in [4.78, 5) is 40.4. The van der Waals surface area contributed by atoms with Gasteiger partial charge in [-0.3, -0.25) is 14.9 Å². The summed E-state index contributed by atoms with van der Waals surface area (Å²) in [5.41, 5.74) is -1.14. The van der Waals surface area contributed by atoms with E-state index in [1.54, 1.807) is 32.9 Å². The third-order valence-corrected chi connectivity index (χ3v) is 7.46. The molecule has 3 aromatic rings. The Morgan fingerprint density at radius 2 is 1.79 bits per heavy atom. The number of halogens is 3. The first-order valence-corrected chi connectivity index (χ1v) is 15.3. The number of ether oxygens (including phenoxy) is 3. The predicted molar refractivity (Wildman–Crippen MR) is 165 cm³/mol. The highest BCUT2D eigenvalue weighted by atomic mass is 19.4. The van der Waals surface area contributed by atoms with Gasteiger partial charge < -0.3 is 24.4 Å². The highest BCUT2D eigenvalue weighted by molar-refractivity contribution is 6.12. The number of carbonyl (C=O) groups is 3. The number of hydrogen-bond donors (Lipinski definition) is 2. The molecule has 2 fully saturated rings. The Morgan fingerprint density at radius 1 is 1.02 bits per heavy atom. The molecule has 15 heteroatoms. The Hall–Kier alpha value is -4.50. The van der Waals surface area contributed by atoms with Crippen molar-refractivity contribution in [2.24, 2.45) is 0 Å². The summed E-state index contributed by atoms with van der Waals surface area (Å²) in [5, 5.41) is 12.9. The lowest BCUT2D eigenvalue weighted by atomic mass is 10.0. The number of ketones is 1. The van der Waals surface area contributed by atoms with Gasteiger partial charge in [-0.1, -0.05) is 17.3 Å². The number of rotatable bonds is 10. The molecule has 5 rings (SSSR count). The third kappa shape index (κ3) is 8.86. The zero-order valence-electron chi connectivity index (χ0n) is 26.4. The first kappa shape index (κ1) is 33.9. The minimum Gasteiger partial charge on any atom is -0.444 e. The van der Waals surface area contributed by atoms with Crippen molar-refractivity contribution in [1.82, 2.24) is 15.0 Å². The molecule has 47 heavy (non-hydrogen) atoms. The third-order valence-electron chi connectivity index (χ3n) is 7.46. The van der Waals surface area contributed by atoms with Gasteiger partial charge in [-0.05, 0) is 70.7 Å². The molecular formula is C32H37F3N6O6. The Labute approximate surface area is 269 Å². The monoisotopic (exact) mass is 658 g/mol. The maximum Gasteiger partial charge on any atom is 0.418 e. The number of amides is 2. The smallest absolute Gasteiger partial charge is 0.418 e. The lowest BCUT2D eigenvalue weighted by molar-refractivity contribution is -0.169. The van der Waals surface area contributed by atoms with Crippen LogP contribution < -0.4 is 15.5 Å². The van der Waals surface area contributed by atoms with Crippen molar-refractivity contribution >= 4 is 34.8 Å². The molecule has 12 nitrogen and oxygen atoms in total. The van der Waals surface area contributed by atoms with E-state index < -0.39 is 41.5 Å². The van der Waals surface area contributed by atoms with Crippen LogP contribution in [0.1, 0.15) is 74.5 Å². The van der Waals surface area contributed by atoms with E-state index in [0.717, 1.165) is 37.8 Å². The van der Waals surface area contributed by atoms with E-state index in [0.29, 0.717) is 31.1 Å². The molecule has 2 saturated heterocycles. The summed E-state index contributed by atoms with van der Waals surface area (Å²) >= 11 is 0. The fraction of sp³-hybridized carbons (Fsp3) is 0.469. The van der Waals surface area contributed by atoms with E-state index in [9.17, 15) is 27.6 Å². The van der Waals surface area contributed by atoms with Crippen molar-refractivity contribution in [3.05, 3.63) is 59.4 Å². The van der Waals surface area contributed by atoms with E-state index in [1.165, 1.54) is 27.9 Å². The Balaban J connectivity index is 1.32. The standard InChI is InChI=1S/C32H37F3N6O6/c1-31(2,3)47-30(44)38-25-16-26(40-11-7-12-40)23(32(33,34)35)15-24(25)37-28(43)17-27(42)20-8-6-9-21(14-20)41-22(18-36-39-41)19-46-29-10-4-5-13-45-29/h6,8-9,14-16,18,29H,4-5,7,10-13,17,19H2,1-3H3,(H,37,43)(H,38,44). The van der Waals surface area contributed by atoms with Crippen molar-refractivity contribution in [3.63, 3.8) is 0 Å². The molecule has 2 aliphatic heterocycles. The van der Waals surface area contributed by atoms with Gasteiger partial charge in [-0.2, -0.15) is 13.2 Å². The summed E-state index contributed by atoms with van der Waals surface area (Å²) in [6.45, 7) is 6.54. The number of hydrogen-bond acceptors (Lipinski definition) is 9. The molecule has 0 aliphatic carbocycles. The highest BCUT2D eigenvalue weighted by Gasteiger charge is 2.37. The zero-order chi connectivity index (χ0) is 33.8. The van der Waals surface area contributed by atoms with Gasteiger partial charge in [0.25, 0.3) is 0 Å². The molecule has 3 heterocycles. The van der Waals surface area contributed by atoms with Gasteiger partial charge in [0.05, 0.1) is 53.2 Å². The van der Waals surface area contributed by atoms with Gasteiger partial charge in [-0.25, -0.2) is 9.48 Å². The Morgan fingerprint density at radius 3 is 2.45 bits per heavy atom. The number of aromatic nitrogens is 3. The number of Topliss-reactive ketones (excluding diaryl/α,β-unsaturated/α-hetero) is 1. The summed E-state index contributed by atoms with van der Waals surface area (Å²) in [5.74, 6) is -1.47. The largest absolute Gasteiger partial charge is 0.444 e. The number of anilines is 3. The van der Waals surface area contributed by atoms with Gasteiger partial charge in [0.1, 0.15) is 5.60 Å². The van der Waals surface area contributed by atoms with Crippen LogP contribution >= 0.6 is 0 Å². The molecule has 1 unspecified atom stereocenters. The molecule has 1 aromatic heterocycles. The van der Waals surface area contributed by atoms with Crippen molar-refractivity contribution in [2.75, 3.05) is 35.2 Å². The summed E-state index contributed by atoms with van der Waals surface area (Å²) < 4.78 is 60.6. The van der Waals surface area contributed by atoms with Crippen LogP contribution in [0.4, 0.5) is 35.0 Å². The summed E-state index contributed by atoms with van der Waals surface area (Å²) in [7, 11) is 0. The topological polar surface area (TPSA) is 137 Å². The van der Waals surface area contributed by atoms with Gasteiger partial charge >= 0.3 is 12.3 Å². The van der Waals surface area contributed by atoms with E-state index in [4.69, 9.17) is 14.2 Å². The fourth-order valence-corrected chi connectivity index (χ4v) is 5.10. The van der Waals surface area contributed by atoms with Crippen molar-refractivity contribution < 1.29 is 41.8 Å². The molecule has 1 atom stereocenters. The molecule has 2 N–H and O–H groups in total. The van der Waals surface area contributed by atoms with Crippen LogP contribution in [0.15, 0.2) is 42.6 Å². The van der Waals surface area contributed by atoms with Crippen LogP contribution in [0.5, 0.6) is 0 Å². The van der Waals surface area contributed by atoms with Crippen LogP contribution in [-0.2, 0) is 31.8 Å². The van der Waals surface area contributed by atoms with Crippen LogP contribution in [0.25, 0.3) is 5.69 Å². The second-order valence-corrected chi connectivity index (χ2v) is 12.3. The minimum atomic E-state index is -4.75. The van der Waals surface area contributed by atoms with Gasteiger partial charge in [0.2, 0.25) is 5.91 Å². The van der Waals surface area contributed by atoms with Crippen LogP contribution in [0, 0.1) is 0 Å². The van der Waals surface area contributed by atoms with E-state index in [1.807, 2.05) is 0 Å². The van der Waals surface area contributed by atoms with E-state index in [-0.39, 0.29) is 35.5 Å². The molecule has 2 amide bonds. The average Bonchev–Trinajstić information content (AvgIpc) is 3.44. The predicted octanol–water partition coefficient (Wildman–Crippen LogP) is 6.10. The fourth-order valence-electron chi connectivity index (χ4n) is 5.10. The second-order valence-electron chi connectivity index (χ2n) is 12.3. The average molecular weight is 659 g/mol. The quantitative estimate of drug-likeness (QED) is 0.196.